The zero-order valence-corrected chi connectivity index (χ0v) is 13.2. The maximum absolute atomic E-state index is 11.4. The third-order valence-corrected chi connectivity index (χ3v) is 4.17. The Hall–Kier alpha value is 0.537. The van der Waals surface area contributed by atoms with Crippen LogP contribution in [0.5, 0.6) is 0 Å². The summed E-state index contributed by atoms with van der Waals surface area (Å²) in [5.41, 5.74) is -1.62. The van der Waals surface area contributed by atoms with E-state index in [0.29, 0.717) is 6.42 Å². The van der Waals surface area contributed by atoms with Gasteiger partial charge < -0.3 is 10.2 Å². The van der Waals surface area contributed by atoms with E-state index in [9.17, 15) is 19.8 Å². The molecule has 0 unspecified atom stereocenters. The van der Waals surface area contributed by atoms with Crippen molar-refractivity contribution in [1.82, 2.24) is 0 Å². The average Bonchev–Trinajstić information content (AvgIpc) is 2.35. The third kappa shape index (κ3) is 8.99. The quantitative estimate of drug-likeness (QED) is 0.329. The van der Waals surface area contributed by atoms with Gasteiger partial charge in [-0.15, -0.1) is 0 Å². The predicted molar refractivity (Wildman–Crippen MR) is 94.1 cm³/mol. The van der Waals surface area contributed by atoms with E-state index in [1.54, 1.807) is 13.8 Å². The Balaban J connectivity index is -0.00000180. The first kappa shape index (κ1) is 27.4. The number of carboxylic acid groups (broad SMARTS) is 2. The predicted octanol–water partition coefficient (Wildman–Crippen LogP) is 3.03. The van der Waals surface area contributed by atoms with Gasteiger partial charge >= 0.3 is 60.4 Å². The molecule has 0 heterocycles. The van der Waals surface area contributed by atoms with Crippen LogP contribution in [0.2, 0.25) is 0 Å². The molecule has 2 N–H and O–H groups in total. The van der Waals surface area contributed by atoms with E-state index < -0.39 is 23.3 Å². The van der Waals surface area contributed by atoms with Crippen LogP contribution in [0.1, 0.15) is 78.6 Å². The number of carbonyl (C=O) groups is 2. The molecule has 0 radical (unpaired) electrons. The molecule has 0 rings (SSSR count). The normalized spacial score (nSPS) is 10.7. The van der Waals surface area contributed by atoms with Crippen molar-refractivity contribution in [2.75, 3.05) is 0 Å². The van der Waals surface area contributed by atoms with E-state index >= 15 is 0 Å². The van der Waals surface area contributed by atoms with Gasteiger partial charge in [0.05, 0.1) is 0 Å². The van der Waals surface area contributed by atoms with Crippen molar-refractivity contribution in [2.24, 2.45) is 11.3 Å². The molecule has 6 heteroatoms. The summed E-state index contributed by atoms with van der Waals surface area (Å²) in [6.07, 6.45) is 9.03. The van der Waals surface area contributed by atoms with Gasteiger partial charge in [0.2, 0.25) is 0 Å². The van der Waals surface area contributed by atoms with Gasteiger partial charge in [-0.1, -0.05) is 72.1 Å². The molecule has 0 saturated carbocycles. The van der Waals surface area contributed by atoms with Crippen LogP contribution >= 0.6 is 0 Å². The zero-order chi connectivity index (χ0) is 15.6. The number of hydrogen-bond acceptors (Lipinski definition) is 2. The van der Waals surface area contributed by atoms with Gasteiger partial charge in [0, 0.05) is 0 Å². The van der Waals surface area contributed by atoms with Gasteiger partial charge in [-0.25, -0.2) is 0 Å². The minimum atomic E-state index is -1.62. The fourth-order valence-electron chi connectivity index (χ4n) is 2.63. The Bertz CT molecular complexity index is 295. The van der Waals surface area contributed by atoms with E-state index in [0.717, 1.165) is 19.3 Å². The van der Waals surface area contributed by atoms with E-state index in [1.165, 1.54) is 25.7 Å². The van der Waals surface area contributed by atoms with Crippen molar-refractivity contribution < 1.29 is 19.8 Å². The van der Waals surface area contributed by atoms with Crippen LogP contribution in [0, 0.1) is 11.3 Å². The Morgan fingerprint density at radius 3 is 1.55 bits per heavy atom. The van der Waals surface area contributed by atoms with Crippen molar-refractivity contribution in [3.63, 3.8) is 0 Å². The SMILES string of the molecule is CCCCCCCCCCC(C(=O)O)(C(=O)O)C(C)C.[LiH].[NaH]. The van der Waals surface area contributed by atoms with Gasteiger partial charge in [-0.2, -0.15) is 0 Å². The molecule has 0 bridgehead atoms. The summed E-state index contributed by atoms with van der Waals surface area (Å²) in [7, 11) is 0. The van der Waals surface area contributed by atoms with Crippen molar-refractivity contribution in [3.05, 3.63) is 0 Å². The van der Waals surface area contributed by atoms with Gasteiger partial charge in [-0.3, -0.25) is 9.59 Å². The van der Waals surface area contributed by atoms with E-state index in [-0.39, 0.29) is 54.8 Å². The molecule has 0 aliphatic heterocycles. The Morgan fingerprint density at radius 1 is 0.864 bits per heavy atom. The third-order valence-electron chi connectivity index (χ3n) is 4.17. The summed E-state index contributed by atoms with van der Waals surface area (Å²) in [5.74, 6) is -2.81. The molecular weight excluding hydrogens is 286 g/mol. The van der Waals surface area contributed by atoms with Crippen molar-refractivity contribution in [1.29, 1.82) is 0 Å². The molecule has 0 aliphatic carbocycles. The van der Waals surface area contributed by atoms with E-state index in [4.69, 9.17) is 0 Å². The van der Waals surface area contributed by atoms with Gasteiger partial charge in [0.25, 0.3) is 0 Å². The van der Waals surface area contributed by atoms with Crippen LogP contribution in [0.3, 0.4) is 0 Å². The number of unbranched alkanes of at least 4 members (excludes halogenated alkanes) is 7. The molecular formula is C16H32LiNaO4. The second-order valence-electron chi connectivity index (χ2n) is 5.96. The van der Waals surface area contributed by atoms with Crippen LogP contribution in [0.4, 0.5) is 0 Å². The molecule has 0 aromatic rings. The number of rotatable bonds is 12. The fourth-order valence-corrected chi connectivity index (χ4v) is 2.63. The maximum atomic E-state index is 11.4. The molecule has 0 spiro atoms. The number of carboxylic acids is 2. The van der Waals surface area contributed by atoms with E-state index in [2.05, 4.69) is 6.92 Å². The molecule has 122 valence electrons. The van der Waals surface area contributed by atoms with Gasteiger partial charge in [-0.05, 0) is 12.3 Å². The van der Waals surface area contributed by atoms with Crippen LogP contribution < -0.4 is 0 Å². The average molecular weight is 318 g/mol. The van der Waals surface area contributed by atoms with E-state index in [1.807, 2.05) is 0 Å². The van der Waals surface area contributed by atoms with Crippen LogP contribution in [-0.4, -0.2) is 70.6 Å². The number of aliphatic carboxylic acids is 2. The van der Waals surface area contributed by atoms with Gasteiger partial charge in [0.1, 0.15) is 0 Å². The monoisotopic (exact) mass is 318 g/mol. The standard InChI is InChI=1S/C16H30O4.Li.Na.2H/c1-4-5-6-7-8-9-10-11-12-16(13(2)3,14(17)18)15(19)20;;;;/h13H,4-12H2,1-3H3,(H,17,18)(H,19,20);;;;. The first-order valence-corrected chi connectivity index (χ1v) is 7.86. The second kappa shape index (κ2) is 15.1. The Morgan fingerprint density at radius 2 is 1.23 bits per heavy atom. The zero-order valence-electron chi connectivity index (χ0n) is 13.2. The molecule has 22 heavy (non-hydrogen) atoms. The van der Waals surface area contributed by atoms with Crippen molar-refractivity contribution in [3.8, 4) is 0 Å². The molecule has 0 aliphatic rings. The minimum absolute atomic E-state index is 0. The molecule has 0 aromatic heterocycles. The summed E-state index contributed by atoms with van der Waals surface area (Å²) in [4.78, 5) is 22.7. The second-order valence-corrected chi connectivity index (χ2v) is 5.96. The van der Waals surface area contributed by atoms with Crippen molar-refractivity contribution >= 4 is 60.4 Å². The number of hydrogen-bond donors (Lipinski definition) is 2. The molecule has 0 amide bonds. The van der Waals surface area contributed by atoms with Gasteiger partial charge in [0.15, 0.2) is 5.41 Å². The molecule has 0 atom stereocenters. The van der Waals surface area contributed by atoms with Crippen LogP contribution in [0.25, 0.3) is 0 Å². The fraction of sp³-hybridized carbons (Fsp3) is 0.875. The first-order chi connectivity index (χ1) is 9.39. The topological polar surface area (TPSA) is 74.6 Å². The summed E-state index contributed by atoms with van der Waals surface area (Å²) in [6.45, 7) is 5.53. The summed E-state index contributed by atoms with van der Waals surface area (Å²) in [5, 5.41) is 18.6. The molecule has 0 saturated heterocycles. The Kier molecular flexibility index (Phi) is 18.8. The first-order valence-electron chi connectivity index (χ1n) is 7.86. The molecule has 0 aromatic carbocycles. The summed E-state index contributed by atoms with van der Waals surface area (Å²) >= 11 is 0. The van der Waals surface area contributed by atoms with Crippen LogP contribution in [0.15, 0.2) is 0 Å². The summed E-state index contributed by atoms with van der Waals surface area (Å²) < 4.78 is 0. The summed E-state index contributed by atoms with van der Waals surface area (Å²) in [6, 6.07) is 0. The van der Waals surface area contributed by atoms with Crippen molar-refractivity contribution in [2.45, 2.75) is 78.6 Å². The van der Waals surface area contributed by atoms with Crippen LogP contribution in [-0.2, 0) is 9.59 Å². The Labute approximate surface area is 169 Å². The molecule has 4 nitrogen and oxygen atoms in total. The molecule has 0 fully saturated rings.